The third-order valence-corrected chi connectivity index (χ3v) is 2.78. The first-order chi connectivity index (χ1) is 9.34. The molecule has 1 N–H and O–H groups in total. The molecule has 2 aromatic heterocycles. The lowest BCUT2D eigenvalue weighted by molar-refractivity contribution is 0.557. The van der Waals surface area contributed by atoms with Gasteiger partial charge in [0.1, 0.15) is 11.5 Å². The molecule has 0 amide bonds. The average molecular weight is 252 g/mol. The van der Waals surface area contributed by atoms with E-state index in [9.17, 15) is 0 Å². The van der Waals surface area contributed by atoms with Gasteiger partial charge in [-0.1, -0.05) is 24.3 Å². The number of nitrogens with zero attached hydrogens (tertiary/aromatic N) is 3. The van der Waals surface area contributed by atoms with Crippen LogP contribution < -0.4 is 5.43 Å². The van der Waals surface area contributed by atoms with Gasteiger partial charge in [-0.25, -0.2) is 0 Å². The fourth-order valence-electron chi connectivity index (χ4n) is 1.79. The summed E-state index contributed by atoms with van der Waals surface area (Å²) in [5.74, 6) is 1.35. The van der Waals surface area contributed by atoms with Gasteiger partial charge in [-0.15, -0.1) is 5.10 Å². The molecule has 0 radical (unpaired) electrons. The van der Waals surface area contributed by atoms with Crippen molar-refractivity contribution in [3.8, 4) is 0 Å². The fourth-order valence-corrected chi connectivity index (χ4v) is 1.79. The van der Waals surface area contributed by atoms with Crippen LogP contribution in [0.4, 0.5) is 5.82 Å². The summed E-state index contributed by atoms with van der Waals surface area (Å²) >= 11 is 0. The molecule has 3 rings (SSSR count). The van der Waals surface area contributed by atoms with E-state index in [4.69, 9.17) is 4.42 Å². The molecule has 0 saturated carbocycles. The molecule has 5 heteroatoms. The highest BCUT2D eigenvalue weighted by molar-refractivity contribution is 5.97. The number of furan rings is 1. The molecule has 5 nitrogen and oxygen atoms in total. The summed E-state index contributed by atoms with van der Waals surface area (Å²) in [6.07, 6.45) is 3.34. The van der Waals surface area contributed by atoms with E-state index >= 15 is 0 Å². The Labute approximate surface area is 110 Å². The molecule has 0 aliphatic heterocycles. The van der Waals surface area contributed by atoms with E-state index in [1.165, 1.54) is 0 Å². The number of hydrazone groups is 1. The number of benzene rings is 1. The molecule has 19 heavy (non-hydrogen) atoms. The van der Waals surface area contributed by atoms with Gasteiger partial charge in [-0.2, -0.15) is 10.2 Å². The molecule has 0 spiro atoms. The lowest BCUT2D eigenvalue weighted by atomic mass is 10.2. The van der Waals surface area contributed by atoms with E-state index < -0.39 is 0 Å². The second-order valence-electron chi connectivity index (χ2n) is 4.07. The first kappa shape index (κ1) is 11.4. The summed E-state index contributed by atoms with van der Waals surface area (Å²) in [5, 5.41) is 14.3. The minimum absolute atomic E-state index is 0.629. The maximum atomic E-state index is 5.26. The molecule has 2 heterocycles. The van der Waals surface area contributed by atoms with E-state index in [1.54, 1.807) is 12.5 Å². The van der Waals surface area contributed by atoms with Gasteiger partial charge in [0.2, 0.25) is 0 Å². The van der Waals surface area contributed by atoms with Crippen LogP contribution in [0.2, 0.25) is 0 Å². The highest BCUT2D eigenvalue weighted by Gasteiger charge is 2.03. The van der Waals surface area contributed by atoms with Crippen LogP contribution in [0.5, 0.6) is 0 Å². The third kappa shape index (κ3) is 2.30. The summed E-state index contributed by atoms with van der Waals surface area (Å²) in [4.78, 5) is 0. The Morgan fingerprint density at radius 1 is 1.21 bits per heavy atom. The Morgan fingerprint density at radius 2 is 2.11 bits per heavy atom. The molecular weight excluding hydrogens is 240 g/mol. The van der Waals surface area contributed by atoms with Crippen molar-refractivity contribution in [1.82, 2.24) is 10.2 Å². The minimum atomic E-state index is 0.629. The second-order valence-corrected chi connectivity index (χ2v) is 4.07. The number of aromatic nitrogens is 2. The number of nitrogens with one attached hydrogen (secondary N) is 1. The third-order valence-electron chi connectivity index (χ3n) is 2.78. The van der Waals surface area contributed by atoms with Crippen LogP contribution in [0, 0.1) is 0 Å². The lowest BCUT2D eigenvalue weighted by Gasteiger charge is -2.03. The van der Waals surface area contributed by atoms with Gasteiger partial charge in [-0.05, 0) is 19.1 Å². The van der Waals surface area contributed by atoms with Crippen molar-refractivity contribution in [3.05, 3.63) is 54.6 Å². The first-order valence-corrected chi connectivity index (χ1v) is 5.89. The van der Waals surface area contributed by atoms with Crippen molar-refractivity contribution in [3.63, 3.8) is 0 Å². The van der Waals surface area contributed by atoms with Gasteiger partial charge in [0.15, 0.2) is 5.82 Å². The summed E-state index contributed by atoms with van der Waals surface area (Å²) < 4.78 is 5.26. The maximum Gasteiger partial charge on any atom is 0.176 e. The zero-order valence-electron chi connectivity index (χ0n) is 10.4. The Kier molecular flexibility index (Phi) is 2.94. The Bertz CT molecular complexity index is 714. The van der Waals surface area contributed by atoms with Crippen molar-refractivity contribution in [2.45, 2.75) is 6.92 Å². The number of fused-ring (bicyclic) bond motifs is 1. The lowest BCUT2D eigenvalue weighted by Crippen LogP contribution is -2.01. The van der Waals surface area contributed by atoms with Crippen LogP contribution in [-0.2, 0) is 0 Å². The summed E-state index contributed by atoms with van der Waals surface area (Å²) in [7, 11) is 0. The molecule has 1 aromatic carbocycles. The van der Waals surface area contributed by atoms with Crippen LogP contribution in [0.3, 0.4) is 0 Å². The molecule has 3 aromatic rings. The fraction of sp³-hybridized carbons (Fsp3) is 0.0714. The molecule has 94 valence electrons. The molecule has 0 saturated heterocycles. The summed E-state index contributed by atoms with van der Waals surface area (Å²) in [5.41, 5.74) is 3.68. The average Bonchev–Trinajstić information content (AvgIpc) is 2.99. The van der Waals surface area contributed by atoms with E-state index in [2.05, 4.69) is 20.7 Å². The Morgan fingerprint density at radius 3 is 2.95 bits per heavy atom. The van der Waals surface area contributed by atoms with Crippen LogP contribution >= 0.6 is 0 Å². The summed E-state index contributed by atoms with van der Waals surface area (Å²) in [6, 6.07) is 11.6. The number of hydrogen-bond acceptors (Lipinski definition) is 5. The van der Waals surface area contributed by atoms with E-state index in [0.717, 1.165) is 22.2 Å². The van der Waals surface area contributed by atoms with Crippen molar-refractivity contribution < 1.29 is 4.42 Å². The maximum absolute atomic E-state index is 5.26. The van der Waals surface area contributed by atoms with Gasteiger partial charge in [0, 0.05) is 10.8 Å². The molecule has 0 unspecified atom stereocenters. The number of anilines is 1. The molecular formula is C14H12N4O. The van der Waals surface area contributed by atoms with Gasteiger partial charge in [0.05, 0.1) is 12.5 Å². The highest BCUT2D eigenvalue weighted by Crippen LogP contribution is 2.19. The Balaban J connectivity index is 1.92. The smallest absolute Gasteiger partial charge is 0.176 e. The van der Waals surface area contributed by atoms with Crippen LogP contribution in [-0.4, -0.2) is 15.9 Å². The van der Waals surface area contributed by atoms with E-state index in [1.807, 2.05) is 43.3 Å². The van der Waals surface area contributed by atoms with Gasteiger partial charge >= 0.3 is 0 Å². The SMILES string of the molecule is C/C(=N\Nc1nncc2ccccc12)c1ccco1. The quantitative estimate of drug-likeness (QED) is 0.574. The zero-order valence-corrected chi connectivity index (χ0v) is 10.4. The van der Waals surface area contributed by atoms with E-state index in [0.29, 0.717) is 5.82 Å². The van der Waals surface area contributed by atoms with Crippen molar-refractivity contribution in [2.24, 2.45) is 5.10 Å². The largest absolute Gasteiger partial charge is 0.463 e. The monoisotopic (exact) mass is 252 g/mol. The standard InChI is InChI=1S/C14H12N4O/c1-10(13-7-4-8-19-13)16-18-14-12-6-3-2-5-11(12)9-15-17-14/h2-9H,1H3,(H,17,18)/b16-10+. The normalized spacial score (nSPS) is 11.7. The van der Waals surface area contributed by atoms with Crippen molar-refractivity contribution >= 4 is 22.3 Å². The highest BCUT2D eigenvalue weighted by atomic mass is 16.3. The van der Waals surface area contributed by atoms with Gasteiger partial charge in [0.25, 0.3) is 0 Å². The van der Waals surface area contributed by atoms with Crippen molar-refractivity contribution in [1.29, 1.82) is 0 Å². The van der Waals surface area contributed by atoms with Gasteiger partial charge in [-0.3, -0.25) is 5.43 Å². The van der Waals surface area contributed by atoms with Crippen LogP contribution in [0.25, 0.3) is 10.8 Å². The molecule has 0 atom stereocenters. The van der Waals surface area contributed by atoms with Crippen molar-refractivity contribution in [2.75, 3.05) is 5.43 Å². The zero-order chi connectivity index (χ0) is 13.1. The predicted molar refractivity (Wildman–Crippen MR) is 74.1 cm³/mol. The molecule has 0 fully saturated rings. The molecule has 0 bridgehead atoms. The molecule has 0 aliphatic carbocycles. The molecule has 0 aliphatic rings. The van der Waals surface area contributed by atoms with Crippen LogP contribution in [0.15, 0.2) is 58.4 Å². The van der Waals surface area contributed by atoms with Crippen LogP contribution in [0.1, 0.15) is 12.7 Å². The van der Waals surface area contributed by atoms with Gasteiger partial charge < -0.3 is 4.42 Å². The number of rotatable bonds is 3. The van der Waals surface area contributed by atoms with E-state index in [-0.39, 0.29) is 0 Å². The number of hydrogen-bond donors (Lipinski definition) is 1. The minimum Gasteiger partial charge on any atom is -0.463 e. The topological polar surface area (TPSA) is 63.3 Å². The summed E-state index contributed by atoms with van der Waals surface area (Å²) in [6.45, 7) is 1.87. The predicted octanol–water partition coefficient (Wildman–Crippen LogP) is 3.06. The Hall–Kier alpha value is -2.69. The first-order valence-electron chi connectivity index (χ1n) is 5.89. The second kappa shape index (κ2) is 4.89.